The summed E-state index contributed by atoms with van der Waals surface area (Å²) in [6.07, 6.45) is 0. The van der Waals surface area contributed by atoms with Crippen LogP contribution in [0.25, 0.3) is 0 Å². The zero-order valence-corrected chi connectivity index (χ0v) is 14.9. The number of anilines is 2. The number of nitrogens with one attached hydrogen (secondary N) is 1. The van der Waals surface area contributed by atoms with E-state index in [9.17, 15) is 31.9 Å². The van der Waals surface area contributed by atoms with Crippen molar-refractivity contribution in [3.05, 3.63) is 59.7 Å². The second-order valence-electron chi connectivity index (χ2n) is 6.47. The van der Waals surface area contributed by atoms with Gasteiger partial charge in [-0.1, -0.05) is 5.22 Å². The monoisotopic (exact) mass is 421 g/mol. The molecule has 0 aromatic heterocycles. The zero-order valence-electron chi connectivity index (χ0n) is 14.9. The van der Waals surface area contributed by atoms with Crippen molar-refractivity contribution in [1.29, 1.82) is 0 Å². The molecule has 2 aliphatic rings. The lowest BCUT2D eigenvalue weighted by molar-refractivity contribution is -0.123. The summed E-state index contributed by atoms with van der Waals surface area (Å²) in [6, 6.07) is 2.53. The first-order valence-corrected chi connectivity index (χ1v) is 8.51. The van der Waals surface area contributed by atoms with Crippen LogP contribution in [0.15, 0.2) is 46.7 Å². The number of nitrogens with zero attached hydrogens (tertiary/aromatic N) is 4. The van der Waals surface area contributed by atoms with E-state index in [1.165, 1.54) is 0 Å². The molecule has 154 valence electrons. The van der Waals surface area contributed by atoms with Crippen molar-refractivity contribution in [3.8, 4) is 0 Å². The van der Waals surface area contributed by atoms with E-state index in [1.54, 1.807) is 0 Å². The molecule has 2 aromatic carbocycles. The van der Waals surface area contributed by atoms with E-state index >= 15 is 0 Å². The van der Waals surface area contributed by atoms with Gasteiger partial charge in [-0.15, -0.1) is 0 Å². The van der Waals surface area contributed by atoms with E-state index in [2.05, 4.69) is 15.7 Å². The first-order valence-electron chi connectivity index (χ1n) is 8.51. The topological polar surface area (TPSA) is 94.4 Å². The van der Waals surface area contributed by atoms with Crippen LogP contribution in [0, 0.1) is 23.3 Å². The number of rotatable bonds is 4. The Hall–Kier alpha value is -3.83. The molecule has 1 saturated heterocycles. The van der Waals surface area contributed by atoms with Gasteiger partial charge in [0.2, 0.25) is 5.91 Å². The molecule has 1 N–H and O–H groups in total. The van der Waals surface area contributed by atoms with Gasteiger partial charge in [-0.3, -0.25) is 19.4 Å². The summed E-state index contributed by atoms with van der Waals surface area (Å²) in [4.78, 5) is 38.1. The lowest BCUT2D eigenvalue weighted by atomic mass is 10.1. The molecule has 4 rings (SSSR count). The van der Waals surface area contributed by atoms with Gasteiger partial charge >= 0.3 is 0 Å². The van der Waals surface area contributed by atoms with E-state index < -0.39 is 59.6 Å². The minimum atomic E-state index is -1.27. The molecule has 3 amide bonds. The van der Waals surface area contributed by atoms with Crippen molar-refractivity contribution in [3.63, 3.8) is 0 Å². The quantitative estimate of drug-likeness (QED) is 0.605. The number of halogens is 4. The van der Waals surface area contributed by atoms with Gasteiger partial charge in [-0.05, 0) is 24.3 Å². The molecule has 0 radical (unpaired) electrons. The van der Waals surface area contributed by atoms with Gasteiger partial charge in [0.15, 0.2) is 23.7 Å². The van der Waals surface area contributed by atoms with Gasteiger partial charge in [0.25, 0.3) is 11.8 Å². The van der Waals surface area contributed by atoms with E-state index in [4.69, 9.17) is 0 Å². The van der Waals surface area contributed by atoms with Crippen molar-refractivity contribution in [1.82, 2.24) is 5.01 Å². The van der Waals surface area contributed by atoms with Crippen LogP contribution in [0.1, 0.15) is 0 Å². The number of benzene rings is 2. The maximum absolute atomic E-state index is 13.7. The lowest BCUT2D eigenvalue weighted by Gasteiger charge is -2.20. The third-order valence-electron chi connectivity index (χ3n) is 4.53. The van der Waals surface area contributed by atoms with E-state index in [0.29, 0.717) is 17.0 Å². The maximum atomic E-state index is 13.7. The van der Waals surface area contributed by atoms with Crippen LogP contribution in [-0.2, 0) is 14.4 Å². The summed E-state index contributed by atoms with van der Waals surface area (Å²) in [5, 5.41) is 10.5. The molecule has 30 heavy (non-hydrogen) atoms. The molecule has 2 atom stereocenters. The fourth-order valence-electron chi connectivity index (χ4n) is 3.16. The number of fused-ring (bicyclic) bond motifs is 1. The van der Waals surface area contributed by atoms with Crippen LogP contribution in [0.3, 0.4) is 0 Å². The standard InChI is InChI=1S/C18H11F4N5O3/c19-8-1-4-13(12(22)5-8)23-14(28)7-26-16-15(24-25-26)17(29)27(18(16)30)9-2-3-10(20)11(21)6-9/h1-6,15-16H,7H2,(H,23,28)/t15-,16+/m0/s1. The van der Waals surface area contributed by atoms with Gasteiger partial charge in [0.1, 0.15) is 18.2 Å². The Bertz CT molecular complexity index is 1110. The molecule has 1 fully saturated rings. The van der Waals surface area contributed by atoms with Crippen LogP contribution in [0.5, 0.6) is 0 Å². The predicted octanol–water partition coefficient (Wildman–Crippen LogP) is 2.17. The Kier molecular flexibility index (Phi) is 4.68. The number of carbonyl (C=O) groups excluding carboxylic acids is 3. The molecule has 0 unspecified atom stereocenters. The molecule has 2 aliphatic heterocycles. The fourth-order valence-corrected chi connectivity index (χ4v) is 3.16. The van der Waals surface area contributed by atoms with E-state index in [1.807, 2.05) is 0 Å². The Morgan fingerprint density at radius 2 is 1.73 bits per heavy atom. The van der Waals surface area contributed by atoms with Gasteiger partial charge < -0.3 is 5.32 Å². The SMILES string of the molecule is O=C(CN1N=N[C@@H]2C(=O)N(c3ccc(F)c(F)c3)C(=O)[C@@H]21)Nc1ccc(F)cc1F. The highest BCUT2D eigenvalue weighted by atomic mass is 19.2. The number of imide groups is 1. The molecule has 0 saturated carbocycles. The highest BCUT2D eigenvalue weighted by Crippen LogP contribution is 2.32. The molecule has 12 heteroatoms. The molecule has 8 nitrogen and oxygen atoms in total. The molecule has 2 aromatic rings. The predicted molar refractivity (Wildman–Crippen MR) is 93.0 cm³/mol. The minimum Gasteiger partial charge on any atom is -0.322 e. The summed E-state index contributed by atoms with van der Waals surface area (Å²) < 4.78 is 53.3. The smallest absolute Gasteiger partial charge is 0.263 e. The summed E-state index contributed by atoms with van der Waals surface area (Å²) >= 11 is 0. The fraction of sp³-hybridized carbons (Fsp3) is 0.167. The summed E-state index contributed by atoms with van der Waals surface area (Å²) in [6.45, 7) is -0.563. The second kappa shape index (κ2) is 7.21. The average Bonchev–Trinajstić information content (AvgIpc) is 3.20. The molecule has 0 spiro atoms. The average molecular weight is 421 g/mol. The highest BCUT2D eigenvalue weighted by Gasteiger charge is 2.55. The molecule has 0 bridgehead atoms. The molecule has 0 aliphatic carbocycles. The molecular formula is C18H11F4N5O3. The van der Waals surface area contributed by atoms with Crippen LogP contribution >= 0.6 is 0 Å². The van der Waals surface area contributed by atoms with Crippen molar-refractivity contribution < 1.29 is 31.9 Å². The first kappa shape index (κ1) is 19.5. The number of carbonyl (C=O) groups is 3. The Morgan fingerprint density at radius 1 is 0.967 bits per heavy atom. The van der Waals surface area contributed by atoms with Gasteiger partial charge in [0.05, 0.1) is 11.4 Å². The minimum absolute atomic E-state index is 0.189. The van der Waals surface area contributed by atoms with E-state index in [-0.39, 0.29) is 11.4 Å². The number of amides is 3. The highest BCUT2D eigenvalue weighted by molar-refractivity contribution is 6.25. The van der Waals surface area contributed by atoms with E-state index in [0.717, 1.165) is 29.3 Å². The van der Waals surface area contributed by atoms with Gasteiger partial charge in [-0.25, -0.2) is 22.5 Å². The zero-order chi connectivity index (χ0) is 21.6. The van der Waals surface area contributed by atoms with Crippen molar-refractivity contribution in [2.45, 2.75) is 12.1 Å². The number of hydrogen-bond donors (Lipinski definition) is 1. The largest absolute Gasteiger partial charge is 0.322 e. The third kappa shape index (κ3) is 3.25. The normalized spacial score (nSPS) is 20.1. The Morgan fingerprint density at radius 3 is 2.43 bits per heavy atom. The van der Waals surface area contributed by atoms with Crippen molar-refractivity contribution >= 4 is 29.1 Å². The van der Waals surface area contributed by atoms with Gasteiger partial charge in [0, 0.05) is 12.1 Å². The maximum Gasteiger partial charge on any atom is 0.263 e. The van der Waals surface area contributed by atoms with Crippen LogP contribution in [-0.4, -0.2) is 41.4 Å². The van der Waals surface area contributed by atoms with Crippen LogP contribution in [0.4, 0.5) is 28.9 Å². The third-order valence-corrected chi connectivity index (χ3v) is 4.53. The summed E-state index contributed by atoms with van der Waals surface area (Å²) in [7, 11) is 0. The van der Waals surface area contributed by atoms with Crippen molar-refractivity contribution in [2.24, 2.45) is 10.3 Å². The van der Waals surface area contributed by atoms with Crippen LogP contribution in [0.2, 0.25) is 0 Å². The number of hydrogen-bond acceptors (Lipinski definition) is 6. The lowest BCUT2D eigenvalue weighted by Crippen LogP contribution is -2.43. The summed E-state index contributed by atoms with van der Waals surface area (Å²) in [5.74, 6) is -6.66. The van der Waals surface area contributed by atoms with Crippen LogP contribution < -0.4 is 10.2 Å². The van der Waals surface area contributed by atoms with Crippen molar-refractivity contribution in [2.75, 3.05) is 16.8 Å². The summed E-state index contributed by atoms with van der Waals surface area (Å²) in [5.41, 5.74) is -0.474. The molecule has 2 heterocycles. The second-order valence-corrected chi connectivity index (χ2v) is 6.47. The Labute approximate surface area is 165 Å². The van der Waals surface area contributed by atoms with Gasteiger partial charge in [-0.2, -0.15) is 5.11 Å². The Balaban J connectivity index is 1.50. The molecular weight excluding hydrogens is 410 g/mol. The first-order chi connectivity index (χ1) is 14.3.